The summed E-state index contributed by atoms with van der Waals surface area (Å²) in [5, 5.41) is 1.07. The maximum atomic E-state index is 5.01. The van der Waals surface area contributed by atoms with Gasteiger partial charge in [-0.3, -0.25) is 0 Å². The SMILES string of the molecule is Brc1ccc2nc(N3CCN(c4ccccc4)CC3)nc(-c3ccccc3)c2c1. The number of aromatic nitrogens is 2. The van der Waals surface area contributed by atoms with E-state index in [0.29, 0.717) is 0 Å². The summed E-state index contributed by atoms with van der Waals surface area (Å²) in [5.74, 6) is 0.811. The first kappa shape index (κ1) is 18.1. The van der Waals surface area contributed by atoms with Gasteiger partial charge in [0.05, 0.1) is 11.2 Å². The standard InChI is InChI=1S/C24H21BrN4/c25-19-11-12-22-21(17-19)23(18-7-3-1-4-8-18)27-24(26-22)29-15-13-28(14-16-29)20-9-5-2-6-10-20/h1-12,17H,13-16H2. The molecule has 0 unspecified atom stereocenters. The summed E-state index contributed by atoms with van der Waals surface area (Å²) < 4.78 is 1.04. The molecule has 0 radical (unpaired) electrons. The number of nitrogens with zero attached hydrogens (tertiary/aromatic N) is 4. The quantitative estimate of drug-likeness (QED) is 0.424. The van der Waals surface area contributed by atoms with E-state index in [1.54, 1.807) is 0 Å². The fourth-order valence-corrected chi connectivity index (χ4v) is 4.21. The van der Waals surface area contributed by atoms with Gasteiger partial charge >= 0.3 is 0 Å². The van der Waals surface area contributed by atoms with E-state index in [1.165, 1.54) is 5.69 Å². The van der Waals surface area contributed by atoms with Gasteiger partial charge in [-0.25, -0.2) is 9.97 Å². The molecule has 0 spiro atoms. The van der Waals surface area contributed by atoms with Crippen LogP contribution >= 0.6 is 15.9 Å². The van der Waals surface area contributed by atoms with E-state index in [1.807, 2.05) is 12.1 Å². The Kier molecular flexibility index (Phi) is 4.90. The van der Waals surface area contributed by atoms with Gasteiger partial charge in [-0.2, -0.15) is 0 Å². The van der Waals surface area contributed by atoms with Crippen LogP contribution in [-0.2, 0) is 0 Å². The van der Waals surface area contributed by atoms with E-state index in [-0.39, 0.29) is 0 Å². The number of hydrogen-bond donors (Lipinski definition) is 0. The zero-order valence-electron chi connectivity index (χ0n) is 16.0. The molecule has 5 rings (SSSR count). The molecular formula is C24H21BrN4. The number of fused-ring (bicyclic) bond motifs is 1. The lowest BCUT2D eigenvalue weighted by molar-refractivity contribution is 0.641. The second kappa shape index (κ2) is 7.84. The van der Waals surface area contributed by atoms with Gasteiger partial charge in [0.15, 0.2) is 0 Å². The van der Waals surface area contributed by atoms with Crippen LogP contribution in [0.2, 0.25) is 0 Å². The molecule has 3 aromatic carbocycles. The van der Waals surface area contributed by atoms with Crippen molar-refractivity contribution in [3.05, 3.63) is 83.3 Å². The number of rotatable bonds is 3. The average Bonchev–Trinajstić information content (AvgIpc) is 2.80. The van der Waals surface area contributed by atoms with Crippen LogP contribution in [0.25, 0.3) is 22.2 Å². The summed E-state index contributed by atoms with van der Waals surface area (Å²) in [4.78, 5) is 14.6. The van der Waals surface area contributed by atoms with Crippen molar-refractivity contribution in [2.45, 2.75) is 0 Å². The van der Waals surface area contributed by atoms with Crippen molar-refractivity contribution in [2.75, 3.05) is 36.0 Å². The van der Waals surface area contributed by atoms with Crippen LogP contribution in [-0.4, -0.2) is 36.1 Å². The van der Waals surface area contributed by atoms with Gasteiger partial charge < -0.3 is 9.80 Å². The molecule has 0 N–H and O–H groups in total. The van der Waals surface area contributed by atoms with Crippen molar-refractivity contribution in [2.24, 2.45) is 0 Å². The summed E-state index contributed by atoms with van der Waals surface area (Å²) in [7, 11) is 0. The van der Waals surface area contributed by atoms with Crippen LogP contribution < -0.4 is 9.80 Å². The van der Waals surface area contributed by atoms with Gasteiger partial charge in [0.25, 0.3) is 0 Å². The molecule has 0 amide bonds. The third-order valence-electron chi connectivity index (χ3n) is 5.38. The number of piperazine rings is 1. The van der Waals surface area contributed by atoms with Crippen LogP contribution in [0.15, 0.2) is 83.3 Å². The first-order chi connectivity index (χ1) is 14.3. The highest BCUT2D eigenvalue weighted by atomic mass is 79.9. The maximum Gasteiger partial charge on any atom is 0.226 e. The van der Waals surface area contributed by atoms with Crippen molar-refractivity contribution in [3.8, 4) is 11.3 Å². The summed E-state index contributed by atoms with van der Waals surface area (Å²) in [6, 6.07) is 27.2. The van der Waals surface area contributed by atoms with Gasteiger partial charge in [0, 0.05) is 47.3 Å². The van der Waals surface area contributed by atoms with E-state index in [0.717, 1.165) is 58.8 Å². The zero-order valence-corrected chi connectivity index (χ0v) is 17.6. The van der Waals surface area contributed by atoms with Gasteiger partial charge in [0.1, 0.15) is 0 Å². The molecule has 144 valence electrons. The molecule has 2 heterocycles. The van der Waals surface area contributed by atoms with Crippen molar-refractivity contribution < 1.29 is 0 Å². The fourth-order valence-electron chi connectivity index (χ4n) is 3.85. The lowest BCUT2D eigenvalue weighted by atomic mass is 10.1. The van der Waals surface area contributed by atoms with Gasteiger partial charge in [0.2, 0.25) is 5.95 Å². The number of hydrogen-bond acceptors (Lipinski definition) is 4. The van der Waals surface area contributed by atoms with Crippen LogP contribution in [0.1, 0.15) is 0 Å². The molecule has 1 aliphatic rings. The van der Waals surface area contributed by atoms with Gasteiger partial charge in [-0.05, 0) is 30.3 Å². The Labute approximate surface area is 179 Å². The van der Waals surface area contributed by atoms with Crippen molar-refractivity contribution >= 4 is 38.5 Å². The Morgan fingerprint density at radius 1 is 0.690 bits per heavy atom. The Morgan fingerprint density at radius 2 is 1.34 bits per heavy atom. The molecule has 0 saturated carbocycles. The lowest BCUT2D eigenvalue weighted by Crippen LogP contribution is -2.47. The second-order valence-corrected chi connectivity index (χ2v) is 8.13. The largest absolute Gasteiger partial charge is 0.368 e. The predicted molar refractivity (Wildman–Crippen MR) is 124 cm³/mol. The summed E-state index contributed by atoms with van der Waals surface area (Å²) in [6.45, 7) is 3.75. The predicted octanol–water partition coefficient (Wildman–Crippen LogP) is 5.39. The molecule has 0 atom stereocenters. The third kappa shape index (κ3) is 3.70. The lowest BCUT2D eigenvalue weighted by Gasteiger charge is -2.36. The van der Waals surface area contributed by atoms with Crippen LogP contribution in [0, 0.1) is 0 Å². The highest BCUT2D eigenvalue weighted by Crippen LogP contribution is 2.30. The molecule has 4 aromatic rings. The van der Waals surface area contributed by atoms with E-state index in [2.05, 4.69) is 92.5 Å². The average molecular weight is 445 g/mol. The van der Waals surface area contributed by atoms with E-state index in [4.69, 9.17) is 9.97 Å². The molecule has 5 heteroatoms. The Hall–Kier alpha value is -2.92. The number of anilines is 2. The number of para-hydroxylation sites is 1. The van der Waals surface area contributed by atoms with Gasteiger partial charge in [-0.1, -0.05) is 64.5 Å². The number of halogens is 1. The summed E-state index contributed by atoms with van der Waals surface area (Å²) >= 11 is 3.59. The second-order valence-electron chi connectivity index (χ2n) is 7.21. The number of benzene rings is 3. The summed E-state index contributed by atoms with van der Waals surface area (Å²) in [6.07, 6.45) is 0. The molecule has 29 heavy (non-hydrogen) atoms. The topological polar surface area (TPSA) is 32.3 Å². The highest BCUT2D eigenvalue weighted by Gasteiger charge is 2.21. The fraction of sp³-hybridized carbons (Fsp3) is 0.167. The minimum absolute atomic E-state index is 0.811. The minimum Gasteiger partial charge on any atom is -0.368 e. The minimum atomic E-state index is 0.811. The normalized spacial score (nSPS) is 14.4. The first-order valence-corrected chi connectivity index (χ1v) is 10.6. The van der Waals surface area contributed by atoms with Crippen LogP contribution in [0.5, 0.6) is 0 Å². The molecule has 1 saturated heterocycles. The van der Waals surface area contributed by atoms with Crippen molar-refractivity contribution in [3.63, 3.8) is 0 Å². The van der Waals surface area contributed by atoms with Crippen LogP contribution in [0.4, 0.5) is 11.6 Å². The first-order valence-electron chi connectivity index (χ1n) is 9.85. The van der Waals surface area contributed by atoms with Crippen molar-refractivity contribution in [1.82, 2.24) is 9.97 Å². The van der Waals surface area contributed by atoms with E-state index in [9.17, 15) is 0 Å². The van der Waals surface area contributed by atoms with Gasteiger partial charge in [-0.15, -0.1) is 0 Å². The maximum absolute atomic E-state index is 5.01. The molecule has 0 aliphatic carbocycles. The highest BCUT2D eigenvalue weighted by molar-refractivity contribution is 9.10. The summed E-state index contributed by atoms with van der Waals surface area (Å²) in [5.41, 5.74) is 4.35. The molecule has 1 aromatic heterocycles. The molecule has 4 nitrogen and oxygen atoms in total. The van der Waals surface area contributed by atoms with Crippen molar-refractivity contribution in [1.29, 1.82) is 0 Å². The Bertz CT molecular complexity index is 1120. The zero-order chi connectivity index (χ0) is 19.6. The Balaban J connectivity index is 1.49. The van der Waals surface area contributed by atoms with E-state index < -0.39 is 0 Å². The van der Waals surface area contributed by atoms with E-state index >= 15 is 0 Å². The Morgan fingerprint density at radius 3 is 2.07 bits per heavy atom. The van der Waals surface area contributed by atoms with Crippen LogP contribution in [0.3, 0.4) is 0 Å². The molecular weight excluding hydrogens is 424 g/mol. The monoisotopic (exact) mass is 444 g/mol. The third-order valence-corrected chi connectivity index (χ3v) is 5.87. The molecule has 1 fully saturated rings. The molecule has 1 aliphatic heterocycles. The smallest absolute Gasteiger partial charge is 0.226 e. The molecule has 0 bridgehead atoms.